The topological polar surface area (TPSA) is 61.8 Å². The van der Waals surface area contributed by atoms with Crippen LogP contribution < -0.4 is 11.2 Å². The lowest BCUT2D eigenvalue weighted by atomic mass is 10.3. The van der Waals surface area contributed by atoms with Crippen molar-refractivity contribution in [1.29, 1.82) is 0 Å². The SMILES string of the molecule is CCCn1c(=O)c2ncn3c2n(c1=O)CCCC3. The van der Waals surface area contributed by atoms with Crippen LogP contribution in [0.5, 0.6) is 0 Å². The van der Waals surface area contributed by atoms with Gasteiger partial charge in [0.25, 0.3) is 5.56 Å². The minimum absolute atomic E-state index is 0.196. The van der Waals surface area contributed by atoms with E-state index < -0.39 is 0 Å². The van der Waals surface area contributed by atoms with Gasteiger partial charge in [0.15, 0.2) is 5.52 Å². The first-order valence-corrected chi connectivity index (χ1v) is 6.42. The number of imidazole rings is 1. The largest absolute Gasteiger partial charge is 0.332 e. The number of aryl methyl sites for hydroxylation is 2. The van der Waals surface area contributed by atoms with Gasteiger partial charge >= 0.3 is 5.69 Å². The highest BCUT2D eigenvalue weighted by atomic mass is 16.2. The Balaban J connectivity index is 2.44. The van der Waals surface area contributed by atoms with Gasteiger partial charge in [0, 0.05) is 19.6 Å². The van der Waals surface area contributed by atoms with Crippen molar-refractivity contribution in [2.24, 2.45) is 0 Å². The number of hydrogen-bond donors (Lipinski definition) is 0. The molecule has 3 rings (SSSR count). The Morgan fingerprint density at radius 2 is 2.06 bits per heavy atom. The summed E-state index contributed by atoms with van der Waals surface area (Å²) in [5.41, 5.74) is 0.659. The summed E-state index contributed by atoms with van der Waals surface area (Å²) < 4.78 is 4.93. The van der Waals surface area contributed by atoms with Crippen LogP contribution in [0.25, 0.3) is 11.2 Å². The zero-order valence-corrected chi connectivity index (χ0v) is 10.4. The molecule has 1 aliphatic rings. The second-order valence-electron chi connectivity index (χ2n) is 4.71. The smallest absolute Gasteiger partial charge is 0.316 e. The predicted octanol–water partition coefficient (Wildman–Crippen LogP) is 0.563. The van der Waals surface area contributed by atoms with Crippen molar-refractivity contribution in [3.63, 3.8) is 0 Å². The highest BCUT2D eigenvalue weighted by Crippen LogP contribution is 2.13. The van der Waals surface area contributed by atoms with Gasteiger partial charge in [-0.3, -0.25) is 13.9 Å². The van der Waals surface area contributed by atoms with Gasteiger partial charge in [-0.2, -0.15) is 0 Å². The molecule has 96 valence electrons. The standard InChI is InChI=1S/C12H16N4O2/c1-2-5-16-11(17)9-10-14(8-13-9)6-3-4-7-15(10)12(16)18/h8H,2-7H2,1H3. The molecule has 3 heterocycles. The summed E-state index contributed by atoms with van der Waals surface area (Å²) in [6.07, 6.45) is 4.40. The average molecular weight is 248 g/mol. The molecule has 0 aliphatic carbocycles. The van der Waals surface area contributed by atoms with E-state index in [1.54, 1.807) is 10.9 Å². The molecule has 0 N–H and O–H groups in total. The quantitative estimate of drug-likeness (QED) is 0.780. The first-order chi connectivity index (χ1) is 8.74. The Morgan fingerprint density at radius 1 is 1.28 bits per heavy atom. The Labute approximate surface area is 103 Å². The fraction of sp³-hybridized carbons (Fsp3) is 0.583. The van der Waals surface area contributed by atoms with Crippen LogP contribution >= 0.6 is 0 Å². The summed E-state index contributed by atoms with van der Waals surface area (Å²) in [5, 5.41) is 0. The van der Waals surface area contributed by atoms with E-state index in [4.69, 9.17) is 0 Å². The molecule has 0 saturated heterocycles. The molecular weight excluding hydrogens is 232 g/mol. The van der Waals surface area contributed by atoms with Gasteiger partial charge in [0.1, 0.15) is 5.65 Å². The van der Waals surface area contributed by atoms with Crippen LogP contribution in [0.2, 0.25) is 0 Å². The normalized spacial score (nSPS) is 14.9. The van der Waals surface area contributed by atoms with Crippen molar-refractivity contribution in [2.75, 3.05) is 0 Å². The van der Waals surface area contributed by atoms with E-state index in [1.165, 1.54) is 4.57 Å². The molecule has 0 amide bonds. The van der Waals surface area contributed by atoms with Crippen molar-refractivity contribution >= 4 is 11.2 Å². The van der Waals surface area contributed by atoms with E-state index >= 15 is 0 Å². The second-order valence-corrected chi connectivity index (χ2v) is 4.71. The molecule has 0 saturated carbocycles. The monoisotopic (exact) mass is 248 g/mol. The van der Waals surface area contributed by atoms with Crippen LogP contribution in [0.1, 0.15) is 26.2 Å². The third-order valence-electron chi connectivity index (χ3n) is 3.45. The zero-order valence-electron chi connectivity index (χ0n) is 10.4. The van der Waals surface area contributed by atoms with E-state index in [9.17, 15) is 9.59 Å². The number of aromatic nitrogens is 4. The predicted molar refractivity (Wildman–Crippen MR) is 67.8 cm³/mol. The summed E-state index contributed by atoms with van der Waals surface area (Å²) in [4.78, 5) is 28.8. The van der Waals surface area contributed by atoms with E-state index in [0.717, 1.165) is 25.8 Å². The molecule has 2 aromatic rings. The molecule has 0 spiro atoms. The van der Waals surface area contributed by atoms with Crippen LogP contribution in [0, 0.1) is 0 Å². The molecule has 6 nitrogen and oxygen atoms in total. The van der Waals surface area contributed by atoms with Crippen molar-refractivity contribution in [2.45, 2.75) is 45.8 Å². The van der Waals surface area contributed by atoms with Gasteiger partial charge in [-0.25, -0.2) is 9.78 Å². The average Bonchev–Trinajstić information content (AvgIpc) is 2.66. The van der Waals surface area contributed by atoms with Crippen LogP contribution in [0.4, 0.5) is 0 Å². The van der Waals surface area contributed by atoms with E-state index in [1.807, 2.05) is 11.5 Å². The fourth-order valence-electron chi connectivity index (χ4n) is 2.60. The lowest BCUT2D eigenvalue weighted by Crippen LogP contribution is -2.40. The first kappa shape index (κ1) is 11.3. The Kier molecular flexibility index (Phi) is 2.57. The molecule has 6 heteroatoms. The molecule has 0 bridgehead atoms. The van der Waals surface area contributed by atoms with E-state index in [-0.39, 0.29) is 11.2 Å². The van der Waals surface area contributed by atoms with Crippen LogP contribution in [0.15, 0.2) is 15.9 Å². The number of nitrogens with zero attached hydrogens (tertiary/aromatic N) is 4. The molecule has 0 fully saturated rings. The minimum Gasteiger partial charge on any atom is -0.316 e. The molecule has 0 aromatic carbocycles. The summed E-state index contributed by atoms with van der Waals surface area (Å²) in [5.74, 6) is 0. The number of rotatable bonds is 2. The fourth-order valence-corrected chi connectivity index (χ4v) is 2.60. The molecular formula is C12H16N4O2. The van der Waals surface area contributed by atoms with Gasteiger partial charge in [-0.15, -0.1) is 0 Å². The third-order valence-corrected chi connectivity index (χ3v) is 3.45. The van der Waals surface area contributed by atoms with E-state index in [0.29, 0.717) is 24.3 Å². The summed E-state index contributed by atoms with van der Waals surface area (Å²) in [6, 6.07) is 0. The highest BCUT2D eigenvalue weighted by Gasteiger charge is 2.18. The van der Waals surface area contributed by atoms with Crippen molar-refractivity contribution in [3.05, 3.63) is 27.2 Å². The maximum absolute atomic E-state index is 12.3. The molecule has 18 heavy (non-hydrogen) atoms. The van der Waals surface area contributed by atoms with Gasteiger partial charge in [0.2, 0.25) is 0 Å². The lowest BCUT2D eigenvalue weighted by molar-refractivity contribution is 0.546. The lowest BCUT2D eigenvalue weighted by Gasteiger charge is -2.09. The molecule has 0 unspecified atom stereocenters. The van der Waals surface area contributed by atoms with Gasteiger partial charge < -0.3 is 4.57 Å². The van der Waals surface area contributed by atoms with Crippen molar-refractivity contribution < 1.29 is 0 Å². The summed E-state index contributed by atoms with van der Waals surface area (Å²) >= 11 is 0. The van der Waals surface area contributed by atoms with Gasteiger partial charge in [0.05, 0.1) is 6.33 Å². The van der Waals surface area contributed by atoms with Crippen molar-refractivity contribution in [1.82, 2.24) is 18.7 Å². The number of hydrogen-bond acceptors (Lipinski definition) is 3. The maximum atomic E-state index is 12.3. The molecule has 2 aromatic heterocycles. The summed E-state index contributed by atoms with van der Waals surface area (Å²) in [7, 11) is 0. The van der Waals surface area contributed by atoms with Gasteiger partial charge in [-0.1, -0.05) is 6.92 Å². The molecule has 1 aliphatic heterocycles. The molecule has 0 radical (unpaired) electrons. The van der Waals surface area contributed by atoms with Crippen LogP contribution in [0.3, 0.4) is 0 Å². The Morgan fingerprint density at radius 3 is 2.83 bits per heavy atom. The zero-order chi connectivity index (χ0) is 12.7. The molecule has 0 atom stereocenters. The minimum atomic E-state index is -0.256. The summed E-state index contributed by atoms with van der Waals surface area (Å²) in [6.45, 7) is 3.91. The van der Waals surface area contributed by atoms with Crippen LogP contribution in [-0.4, -0.2) is 18.7 Å². The first-order valence-electron chi connectivity index (χ1n) is 6.42. The maximum Gasteiger partial charge on any atom is 0.332 e. The van der Waals surface area contributed by atoms with E-state index in [2.05, 4.69) is 4.98 Å². The Hall–Kier alpha value is -1.85. The van der Waals surface area contributed by atoms with Crippen LogP contribution in [-0.2, 0) is 19.6 Å². The third kappa shape index (κ3) is 1.45. The highest BCUT2D eigenvalue weighted by molar-refractivity contribution is 5.70. The second kappa shape index (κ2) is 4.12. The van der Waals surface area contributed by atoms with Gasteiger partial charge in [-0.05, 0) is 19.3 Å². The van der Waals surface area contributed by atoms with Crippen molar-refractivity contribution in [3.8, 4) is 0 Å². The Bertz CT molecular complexity index is 707.